The number of hydrogen-bond acceptors (Lipinski definition) is 5. The molecule has 6 nitrogen and oxygen atoms in total. The van der Waals surface area contributed by atoms with Gasteiger partial charge >= 0.3 is 0 Å². The highest BCUT2D eigenvalue weighted by Gasteiger charge is 2.17. The summed E-state index contributed by atoms with van der Waals surface area (Å²) in [7, 11) is 1.77. The van der Waals surface area contributed by atoms with E-state index in [4.69, 9.17) is 16.0 Å². The van der Waals surface area contributed by atoms with Crippen molar-refractivity contribution in [1.82, 2.24) is 14.5 Å². The van der Waals surface area contributed by atoms with Crippen LogP contribution < -0.4 is 5.56 Å². The van der Waals surface area contributed by atoms with Crippen LogP contribution in [-0.4, -0.2) is 33.2 Å². The molecule has 0 aliphatic heterocycles. The lowest BCUT2D eigenvalue weighted by Crippen LogP contribution is -2.29. The first-order valence-electron chi connectivity index (χ1n) is 10.1. The van der Waals surface area contributed by atoms with Crippen molar-refractivity contribution in [3.63, 3.8) is 0 Å². The van der Waals surface area contributed by atoms with Crippen LogP contribution in [0.4, 0.5) is 0 Å². The Kier molecular flexibility index (Phi) is 6.67. The number of hydrogen-bond donors (Lipinski definition) is 0. The van der Waals surface area contributed by atoms with Crippen molar-refractivity contribution < 1.29 is 9.21 Å². The Bertz CT molecular complexity index is 1300. The maximum Gasteiger partial charge on any atom is 0.262 e. The highest BCUT2D eigenvalue weighted by molar-refractivity contribution is 7.99. The third-order valence-electron chi connectivity index (χ3n) is 5.07. The van der Waals surface area contributed by atoms with E-state index in [-0.39, 0.29) is 23.8 Å². The first-order valence-corrected chi connectivity index (χ1v) is 11.4. The molecule has 32 heavy (non-hydrogen) atoms. The molecule has 0 atom stereocenters. The summed E-state index contributed by atoms with van der Waals surface area (Å²) in [5.74, 6) is 0.728. The second-order valence-corrected chi connectivity index (χ2v) is 8.93. The molecule has 0 unspecified atom stereocenters. The molecular formula is C24H22ClN3O3S. The molecule has 4 aromatic rings. The first-order chi connectivity index (χ1) is 15.4. The largest absolute Gasteiger partial charge is 0.467 e. The number of aryl methyl sites for hydroxylation is 1. The zero-order chi connectivity index (χ0) is 22.7. The van der Waals surface area contributed by atoms with Gasteiger partial charge in [0.15, 0.2) is 5.16 Å². The van der Waals surface area contributed by atoms with Gasteiger partial charge in [0.05, 0.1) is 29.5 Å². The Morgan fingerprint density at radius 3 is 2.69 bits per heavy atom. The van der Waals surface area contributed by atoms with E-state index in [9.17, 15) is 9.59 Å². The SMILES string of the molecule is Cc1ccc(CN(C)C(=O)CSc2nc3cc(Cl)ccc3c(=O)n2Cc2ccco2)cc1. The van der Waals surface area contributed by atoms with Crippen LogP contribution in [0.2, 0.25) is 5.02 Å². The van der Waals surface area contributed by atoms with E-state index in [0.717, 1.165) is 5.56 Å². The molecule has 8 heteroatoms. The van der Waals surface area contributed by atoms with Gasteiger partial charge in [-0.25, -0.2) is 4.98 Å². The normalized spacial score (nSPS) is 11.1. The molecule has 1 amide bonds. The minimum absolute atomic E-state index is 0.0550. The summed E-state index contributed by atoms with van der Waals surface area (Å²) in [5, 5.41) is 1.41. The summed E-state index contributed by atoms with van der Waals surface area (Å²) in [5.41, 5.74) is 2.53. The fourth-order valence-electron chi connectivity index (χ4n) is 3.27. The average molecular weight is 468 g/mol. The van der Waals surface area contributed by atoms with Crippen LogP contribution in [0.3, 0.4) is 0 Å². The second-order valence-electron chi connectivity index (χ2n) is 7.55. The van der Waals surface area contributed by atoms with Crippen LogP contribution >= 0.6 is 23.4 Å². The van der Waals surface area contributed by atoms with E-state index < -0.39 is 0 Å². The van der Waals surface area contributed by atoms with Gasteiger partial charge in [-0.1, -0.05) is 53.2 Å². The number of rotatable bonds is 7. The summed E-state index contributed by atoms with van der Waals surface area (Å²) >= 11 is 7.33. The Balaban J connectivity index is 1.57. The van der Waals surface area contributed by atoms with Gasteiger partial charge in [0, 0.05) is 18.6 Å². The molecule has 2 aromatic carbocycles. The van der Waals surface area contributed by atoms with E-state index in [0.29, 0.717) is 33.4 Å². The third-order valence-corrected chi connectivity index (χ3v) is 6.26. The minimum Gasteiger partial charge on any atom is -0.467 e. The molecule has 164 valence electrons. The van der Waals surface area contributed by atoms with Crippen molar-refractivity contribution in [2.45, 2.75) is 25.2 Å². The molecule has 0 aliphatic rings. The monoisotopic (exact) mass is 467 g/mol. The van der Waals surface area contributed by atoms with Gasteiger partial charge in [-0.2, -0.15) is 0 Å². The summed E-state index contributed by atoms with van der Waals surface area (Å²) in [6.07, 6.45) is 1.56. The molecule has 0 saturated heterocycles. The molecule has 0 fully saturated rings. The zero-order valence-corrected chi connectivity index (χ0v) is 19.3. The van der Waals surface area contributed by atoms with Gasteiger partial charge in [0.2, 0.25) is 5.91 Å². The van der Waals surface area contributed by atoms with Crippen molar-refractivity contribution in [3.8, 4) is 0 Å². The Morgan fingerprint density at radius 1 is 1.19 bits per heavy atom. The van der Waals surface area contributed by atoms with Gasteiger partial charge in [-0.05, 0) is 42.8 Å². The molecule has 2 aromatic heterocycles. The number of benzene rings is 2. The Hall–Kier alpha value is -3.03. The van der Waals surface area contributed by atoms with Crippen molar-refractivity contribution in [2.24, 2.45) is 0 Å². The predicted octanol–water partition coefficient (Wildman–Crippen LogP) is 4.75. The van der Waals surface area contributed by atoms with Crippen LogP contribution in [-0.2, 0) is 17.9 Å². The molecular weight excluding hydrogens is 446 g/mol. The predicted molar refractivity (Wildman–Crippen MR) is 127 cm³/mol. The number of carbonyl (C=O) groups excluding carboxylic acids is 1. The smallest absolute Gasteiger partial charge is 0.262 e. The summed E-state index contributed by atoms with van der Waals surface area (Å²) in [4.78, 5) is 32.2. The van der Waals surface area contributed by atoms with E-state index in [1.807, 2.05) is 31.2 Å². The number of amides is 1. The molecule has 0 saturated carbocycles. The number of halogens is 1. The summed E-state index contributed by atoms with van der Waals surface area (Å²) < 4.78 is 6.96. The fourth-order valence-corrected chi connectivity index (χ4v) is 4.38. The molecule has 0 spiro atoms. The molecule has 0 bridgehead atoms. The van der Waals surface area contributed by atoms with Crippen LogP contribution in [0.25, 0.3) is 10.9 Å². The molecule has 0 aliphatic carbocycles. The zero-order valence-electron chi connectivity index (χ0n) is 17.7. The molecule has 0 radical (unpaired) electrons. The number of aromatic nitrogens is 2. The maximum absolute atomic E-state index is 13.2. The summed E-state index contributed by atoms with van der Waals surface area (Å²) in [6, 6.07) is 16.6. The maximum atomic E-state index is 13.2. The van der Waals surface area contributed by atoms with Gasteiger partial charge in [0.1, 0.15) is 5.76 Å². The standard InChI is InChI=1S/C24H22ClN3O3S/c1-16-5-7-17(8-6-16)13-27(2)22(29)15-32-24-26-21-12-18(25)9-10-20(21)23(30)28(24)14-19-4-3-11-31-19/h3-12H,13-15H2,1-2H3. The topological polar surface area (TPSA) is 68.3 Å². The Morgan fingerprint density at radius 2 is 1.97 bits per heavy atom. The van der Waals surface area contributed by atoms with Crippen molar-refractivity contribution in [1.29, 1.82) is 0 Å². The van der Waals surface area contributed by atoms with Gasteiger partial charge in [-0.3, -0.25) is 14.2 Å². The van der Waals surface area contributed by atoms with Crippen molar-refractivity contribution >= 4 is 40.2 Å². The van der Waals surface area contributed by atoms with Crippen LogP contribution in [0.15, 0.2) is 75.2 Å². The fraction of sp³-hybridized carbons (Fsp3) is 0.208. The van der Waals surface area contributed by atoms with Gasteiger partial charge < -0.3 is 9.32 Å². The van der Waals surface area contributed by atoms with Gasteiger partial charge in [0.25, 0.3) is 5.56 Å². The highest BCUT2D eigenvalue weighted by atomic mass is 35.5. The number of nitrogens with zero attached hydrogens (tertiary/aromatic N) is 3. The Labute approximate surface area is 194 Å². The molecule has 2 heterocycles. The van der Waals surface area contributed by atoms with E-state index in [1.54, 1.807) is 48.5 Å². The first kappa shape index (κ1) is 22.2. The highest BCUT2D eigenvalue weighted by Crippen LogP contribution is 2.22. The van der Waals surface area contributed by atoms with Crippen LogP contribution in [0.5, 0.6) is 0 Å². The van der Waals surface area contributed by atoms with Crippen molar-refractivity contribution in [3.05, 3.63) is 93.1 Å². The minimum atomic E-state index is -0.203. The lowest BCUT2D eigenvalue weighted by Gasteiger charge is -2.18. The van der Waals surface area contributed by atoms with Crippen LogP contribution in [0.1, 0.15) is 16.9 Å². The van der Waals surface area contributed by atoms with E-state index in [2.05, 4.69) is 4.98 Å². The number of carbonyl (C=O) groups is 1. The molecule has 4 rings (SSSR count). The summed E-state index contributed by atoms with van der Waals surface area (Å²) in [6.45, 7) is 2.77. The molecule has 0 N–H and O–H groups in total. The van der Waals surface area contributed by atoms with Crippen LogP contribution in [0, 0.1) is 6.92 Å². The van der Waals surface area contributed by atoms with E-state index >= 15 is 0 Å². The number of fused-ring (bicyclic) bond motifs is 1. The lowest BCUT2D eigenvalue weighted by molar-refractivity contribution is -0.127. The second kappa shape index (κ2) is 9.63. The third kappa shape index (κ3) is 5.06. The number of furan rings is 1. The average Bonchev–Trinajstić information content (AvgIpc) is 3.29. The van der Waals surface area contributed by atoms with Gasteiger partial charge in [-0.15, -0.1) is 0 Å². The van der Waals surface area contributed by atoms with E-state index in [1.165, 1.54) is 21.9 Å². The van der Waals surface area contributed by atoms with Crippen molar-refractivity contribution in [2.75, 3.05) is 12.8 Å². The number of thioether (sulfide) groups is 1. The quantitative estimate of drug-likeness (QED) is 0.290. The lowest BCUT2D eigenvalue weighted by atomic mass is 10.1.